The van der Waals surface area contributed by atoms with Crippen LogP contribution < -0.4 is 0 Å². The summed E-state index contributed by atoms with van der Waals surface area (Å²) in [5.41, 5.74) is 2.42. The highest BCUT2D eigenvalue weighted by molar-refractivity contribution is 5.26. The van der Waals surface area contributed by atoms with Crippen LogP contribution in [-0.2, 0) is 0 Å². The summed E-state index contributed by atoms with van der Waals surface area (Å²) in [5.74, 6) is 0.598. The highest BCUT2D eigenvalue weighted by Gasteiger charge is 2.20. The second kappa shape index (κ2) is 7.95. The van der Waals surface area contributed by atoms with Gasteiger partial charge >= 0.3 is 0 Å². The summed E-state index contributed by atoms with van der Waals surface area (Å²) in [6.07, 6.45) is 7.43. The van der Waals surface area contributed by atoms with Gasteiger partial charge in [-0.3, -0.25) is 0 Å². The van der Waals surface area contributed by atoms with E-state index in [0.717, 1.165) is 18.5 Å². The third-order valence-corrected chi connectivity index (χ3v) is 5.16. The standard InChI is InChI=1S/C19H31NO/c1-4-15(2)16-10-12-17(13-11-16)19(21)14-20(3)18-8-6-5-7-9-18/h10-13,15,18-19,21H,4-9,14H2,1-3H3. The molecule has 1 N–H and O–H groups in total. The molecule has 0 amide bonds. The van der Waals surface area contributed by atoms with Crippen LogP contribution in [0.5, 0.6) is 0 Å². The van der Waals surface area contributed by atoms with Gasteiger partial charge in [0.15, 0.2) is 0 Å². The zero-order valence-corrected chi connectivity index (χ0v) is 13.9. The van der Waals surface area contributed by atoms with E-state index in [1.807, 2.05) is 0 Å². The third-order valence-electron chi connectivity index (χ3n) is 5.16. The van der Waals surface area contributed by atoms with Gasteiger partial charge in [0.05, 0.1) is 6.10 Å². The average molecular weight is 289 g/mol. The predicted octanol–water partition coefficient (Wildman–Crippen LogP) is 4.50. The summed E-state index contributed by atoms with van der Waals surface area (Å²) in [6, 6.07) is 9.20. The van der Waals surface area contributed by atoms with Gasteiger partial charge in [0.25, 0.3) is 0 Å². The Kier molecular flexibility index (Phi) is 6.25. The molecule has 0 aromatic heterocycles. The van der Waals surface area contributed by atoms with Crippen molar-refractivity contribution in [2.24, 2.45) is 0 Å². The van der Waals surface area contributed by atoms with Crippen LogP contribution in [0.25, 0.3) is 0 Å². The first-order valence-electron chi connectivity index (χ1n) is 8.60. The maximum atomic E-state index is 10.5. The number of hydrogen-bond donors (Lipinski definition) is 1. The number of benzene rings is 1. The summed E-state index contributed by atoms with van der Waals surface area (Å²) in [5, 5.41) is 10.5. The number of aliphatic hydroxyl groups is 1. The monoisotopic (exact) mass is 289 g/mol. The molecule has 1 aliphatic rings. The summed E-state index contributed by atoms with van der Waals surface area (Å²) in [4.78, 5) is 2.35. The number of nitrogens with zero attached hydrogens (tertiary/aromatic N) is 1. The van der Waals surface area contributed by atoms with E-state index < -0.39 is 0 Å². The molecule has 1 aromatic carbocycles. The van der Waals surface area contributed by atoms with Crippen LogP contribution in [0.1, 0.15) is 75.5 Å². The van der Waals surface area contributed by atoms with E-state index in [0.29, 0.717) is 12.0 Å². The van der Waals surface area contributed by atoms with Crippen molar-refractivity contribution in [1.29, 1.82) is 0 Å². The van der Waals surface area contributed by atoms with E-state index in [2.05, 4.69) is 50.1 Å². The molecule has 21 heavy (non-hydrogen) atoms. The molecule has 1 aliphatic carbocycles. The van der Waals surface area contributed by atoms with E-state index in [9.17, 15) is 5.11 Å². The lowest BCUT2D eigenvalue weighted by Gasteiger charge is -2.32. The van der Waals surface area contributed by atoms with Crippen LogP contribution in [0.3, 0.4) is 0 Å². The molecule has 2 atom stereocenters. The lowest BCUT2D eigenvalue weighted by atomic mass is 9.93. The molecule has 2 rings (SSSR count). The zero-order chi connectivity index (χ0) is 15.2. The van der Waals surface area contributed by atoms with Crippen molar-refractivity contribution >= 4 is 0 Å². The van der Waals surface area contributed by atoms with E-state index in [1.165, 1.54) is 37.7 Å². The van der Waals surface area contributed by atoms with Crippen molar-refractivity contribution in [2.75, 3.05) is 13.6 Å². The second-order valence-electron chi connectivity index (χ2n) is 6.72. The minimum atomic E-state index is -0.372. The molecule has 1 saturated carbocycles. The fraction of sp³-hybridized carbons (Fsp3) is 0.684. The Bertz CT molecular complexity index is 408. The van der Waals surface area contributed by atoms with Crippen molar-refractivity contribution in [3.05, 3.63) is 35.4 Å². The van der Waals surface area contributed by atoms with Gasteiger partial charge in [0.2, 0.25) is 0 Å². The topological polar surface area (TPSA) is 23.5 Å². The minimum absolute atomic E-state index is 0.372. The third kappa shape index (κ3) is 4.55. The summed E-state index contributed by atoms with van der Waals surface area (Å²) in [6.45, 7) is 5.21. The van der Waals surface area contributed by atoms with Crippen molar-refractivity contribution in [3.63, 3.8) is 0 Å². The largest absolute Gasteiger partial charge is 0.387 e. The lowest BCUT2D eigenvalue weighted by Crippen LogP contribution is -2.36. The highest BCUT2D eigenvalue weighted by atomic mass is 16.3. The van der Waals surface area contributed by atoms with Gasteiger partial charge in [0, 0.05) is 12.6 Å². The molecule has 0 saturated heterocycles. The van der Waals surface area contributed by atoms with Gasteiger partial charge in [-0.15, -0.1) is 0 Å². The van der Waals surface area contributed by atoms with Crippen LogP contribution in [-0.4, -0.2) is 29.6 Å². The van der Waals surface area contributed by atoms with Gasteiger partial charge in [-0.2, -0.15) is 0 Å². The number of rotatable bonds is 6. The zero-order valence-electron chi connectivity index (χ0n) is 13.9. The van der Waals surface area contributed by atoms with Crippen LogP contribution >= 0.6 is 0 Å². The minimum Gasteiger partial charge on any atom is -0.387 e. The molecule has 0 aliphatic heterocycles. The molecule has 0 spiro atoms. The first-order chi connectivity index (χ1) is 10.1. The molecule has 1 fully saturated rings. The Labute approximate surface area is 130 Å². The molecule has 118 valence electrons. The first-order valence-corrected chi connectivity index (χ1v) is 8.60. The molecular weight excluding hydrogens is 258 g/mol. The SMILES string of the molecule is CCC(C)c1ccc(C(O)CN(C)C2CCCCC2)cc1. The number of likely N-dealkylation sites (N-methyl/N-ethyl adjacent to an activating group) is 1. The van der Waals surface area contributed by atoms with Crippen LogP contribution in [0.4, 0.5) is 0 Å². The Morgan fingerprint density at radius 2 is 1.67 bits per heavy atom. The maximum Gasteiger partial charge on any atom is 0.0916 e. The molecule has 2 heteroatoms. The van der Waals surface area contributed by atoms with Crippen LogP contribution in [0.15, 0.2) is 24.3 Å². The second-order valence-corrected chi connectivity index (χ2v) is 6.72. The van der Waals surface area contributed by atoms with E-state index >= 15 is 0 Å². The fourth-order valence-corrected chi connectivity index (χ4v) is 3.33. The van der Waals surface area contributed by atoms with E-state index in [4.69, 9.17) is 0 Å². The van der Waals surface area contributed by atoms with Crippen molar-refractivity contribution in [3.8, 4) is 0 Å². The van der Waals surface area contributed by atoms with Crippen LogP contribution in [0.2, 0.25) is 0 Å². The van der Waals surface area contributed by atoms with Gasteiger partial charge in [0.1, 0.15) is 0 Å². The summed E-state index contributed by atoms with van der Waals surface area (Å²) >= 11 is 0. The molecule has 2 nitrogen and oxygen atoms in total. The van der Waals surface area contributed by atoms with Gasteiger partial charge in [-0.1, -0.05) is 57.4 Å². The first kappa shape index (κ1) is 16.5. The van der Waals surface area contributed by atoms with Crippen molar-refractivity contribution in [2.45, 2.75) is 70.4 Å². The Balaban J connectivity index is 1.91. The van der Waals surface area contributed by atoms with Crippen molar-refractivity contribution < 1.29 is 5.11 Å². The normalized spacial score (nSPS) is 19.7. The van der Waals surface area contributed by atoms with E-state index in [1.54, 1.807) is 0 Å². The van der Waals surface area contributed by atoms with Gasteiger partial charge in [-0.25, -0.2) is 0 Å². The highest BCUT2D eigenvalue weighted by Crippen LogP contribution is 2.25. The van der Waals surface area contributed by atoms with Gasteiger partial charge < -0.3 is 10.0 Å². The predicted molar refractivity (Wildman–Crippen MR) is 89.6 cm³/mol. The van der Waals surface area contributed by atoms with Crippen molar-refractivity contribution in [1.82, 2.24) is 4.90 Å². The average Bonchev–Trinajstić information content (AvgIpc) is 2.55. The lowest BCUT2D eigenvalue weighted by molar-refractivity contribution is 0.0914. The smallest absolute Gasteiger partial charge is 0.0916 e. The molecule has 0 heterocycles. The number of aliphatic hydroxyl groups excluding tert-OH is 1. The fourth-order valence-electron chi connectivity index (χ4n) is 3.33. The summed E-state index contributed by atoms with van der Waals surface area (Å²) in [7, 11) is 2.16. The molecule has 1 aromatic rings. The Morgan fingerprint density at radius 1 is 1.10 bits per heavy atom. The van der Waals surface area contributed by atoms with Crippen LogP contribution in [0, 0.1) is 0 Å². The Hall–Kier alpha value is -0.860. The van der Waals surface area contributed by atoms with E-state index in [-0.39, 0.29) is 6.10 Å². The van der Waals surface area contributed by atoms with Gasteiger partial charge in [-0.05, 0) is 43.4 Å². The quantitative estimate of drug-likeness (QED) is 0.833. The molecular formula is C19H31NO. The summed E-state index contributed by atoms with van der Waals surface area (Å²) < 4.78 is 0. The number of hydrogen-bond acceptors (Lipinski definition) is 2. The maximum absolute atomic E-state index is 10.5. The molecule has 0 radical (unpaired) electrons. The molecule has 2 unspecified atom stereocenters. The Morgan fingerprint density at radius 3 is 2.24 bits per heavy atom. The molecule has 0 bridgehead atoms.